The fourth-order valence-electron chi connectivity index (χ4n) is 1.68. The van der Waals surface area contributed by atoms with Crippen molar-refractivity contribution >= 4 is 0 Å². The molecule has 0 spiro atoms. The molecular formula is C15H26N2O. The van der Waals surface area contributed by atoms with Crippen LogP contribution in [0.3, 0.4) is 0 Å². The van der Waals surface area contributed by atoms with Gasteiger partial charge in [0.05, 0.1) is 7.11 Å². The summed E-state index contributed by atoms with van der Waals surface area (Å²) < 4.78 is 5.13. The number of ether oxygens (including phenoxy) is 1. The summed E-state index contributed by atoms with van der Waals surface area (Å²) in [6, 6.07) is 8.24. The molecule has 3 nitrogen and oxygen atoms in total. The Bertz CT molecular complexity index is 333. The van der Waals surface area contributed by atoms with Crippen molar-refractivity contribution in [1.29, 1.82) is 0 Å². The van der Waals surface area contributed by atoms with Crippen LogP contribution in [0.1, 0.15) is 25.8 Å². The van der Waals surface area contributed by atoms with Gasteiger partial charge in [-0.15, -0.1) is 0 Å². The van der Waals surface area contributed by atoms with Gasteiger partial charge in [-0.1, -0.05) is 26.0 Å². The van der Waals surface area contributed by atoms with Gasteiger partial charge in [0.1, 0.15) is 5.75 Å². The summed E-state index contributed by atoms with van der Waals surface area (Å²) in [5.74, 6) is 0.913. The van der Waals surface area contributed by atoms with E-state index in [0.29, 0.717) is 0 Å². The first kappa shape index (κ1) is 15.0. The van der Waals surface area contributed by atoms with Crippen LogP contribution < -0.4 is 15.8 Å². The van der Waals surface area contributed by atoms with Crippen LogP contribution in [0.2, 0.25) is 0 Å². The van der Waals surface area contributed by atoms with Crippen LogP contribution in [0.25, 0.3) is 0 Å². The molecule has 18 heavy (non-hydrogen) atoms. The molecule has 0 amide bonds. The lowest BCUT2D eigenvalue weighted by Gasteiger charge is -2.22. The van der Waals surface area contributed by atoms with Gasteiger partial charge in [-0.2, -0.15) is 0 Å². The molecule has 0 aliphatic heterocycles. The predicted octanol–water partition coefficient (Wildman–Crippen LogP) is 2.20. The van der Waals surface area contributed by atoms with Crippen molar-refractivity contribution in [2.45, 2.75) is 26.7 Å². The molecule has 0 aliphatic rings. The molecular weight excluding hydrogens is 224 g/mol. The number of nitrogens with two attached hydrogens (primary N) is 1. The number of methoxy groups -OCH3 is 1. The zero-order valence-electron chi connectivity index (χ0n) is 11.8. The van der Waals surface area contributed by atoms with Gasteiger partial charge in [0, 0.05) is 0 Å². The molecule has 0 fully saturated rings. The van der Waals surface area contributed by atoms with E-state index in [9.17, 15) is 0 Å². The molecule has 102 valence electrons. The van der Waals surface area contributed by atoms with Gasteiger partial charge in [-0.3, -0.25) is 0 Å². The topological polar surface area (TPSA) is 47.3 Å². The van der Waals surface area contributed by atoms with Crippen molar-refractivity contribution in [1.82, 2.24) is 5.32 Å². The third kappa shape index (κ3) is 5.52. The molecule has 0 bridgehead atoms. The molecule has 0 atom stereocenters. The predicted molar refractivity (Wildman–Crippen MR) is 77.0 cm³/mol. The fourth-order valence-corrected chi connectivity index (χ4v) is 1.68. The Morgan fingerprint density at radius 1 is 1.17 bits per heavy atom. The van der Waals surface area contributed by atoms with Crippen LogP contribution in [-0.2, 0) is 6.42 Å². The Hall–Kier alpha value is -1.06. The number of benzene rings is 1. The van der Waals surface area contributed by atoms with E-state index in [-0.39, 0.29) is 5.41 Å². The summed E-state index contributed by atoms with van der Waals surface area (Å²) in [6.07, 6.45) is 2.17. The Morgan fingerprint density at radius 3 is 2.39 bits per heavy atom. The molecule has 0 aromatic heterocycles. The average molecular weight is 250 g/mol. The molecule has 0 saturated heterocycles. The normalized spacial score (nSPS) is 11.6. The van der Waals surface area contributed by atoms with Crippen LogP contribution >= 0.6 is 0 Å². The summed E-state index contributed by atoms with van der Waals surface area (Å²) in [4.78, 5) is 0. The van der Waals surface area contributed by atoms with Crippen LogP contribution in [-0.4, -0.2) is 26.7 Å². The van der Waals surface area contributed by atoms with E-state index >= 15 is 0 Å². The van der Waals surface area contributed by atoms with Gasteiger partial charge in [0.25, 0.3) is 0 Å². The van der Waals surface area contributed by atoms with Gasteiger partial charge < -0.3 is 15.8 Å². The summed E-state index contributed by atoms with van der Waals surface area (Å²) in [6.45, 7) is 7.19. The van der Waals surface area contributed by atoms with Gasteiger partial charge in [0.2, 0.25) is 0 Å². The van der Waals surface area contributed by atoms with Gasteiger partial charge >= 0.3 is 0 Å². The molecule has 0 radical (unpaired) electrons. The summed E-state index contributed by atoms with van der Waals surface area (Å²) in [5.41, 5.74) is 7.28. The second kappa shape index (κ2) is 7.39. The minimum absolute atomic E-state index is 0.243. The number of rotatable bonds is 8. The van der Waals surface area contributed by atoms with Crippen LogP contribution in [0.4, 0.5) is 0 Å². The zero-order valence-corrected chi connectivity index (χ0v) is 11.8. The van der Waals surface area contributed by atoms with E-state index in [1.165, 1.54) is 5.56 Å². The van der Waals surface area contributed by atoms with Crippen molar-refractivity contribution in [2.75, 3.05) is 26.7 Å². The maximum absolute atomic E-state index is 5.70. The van der Waals surface area contributed by atoms with E-state index in [1.54, 1.807) is 7.11 Å². The lowest BCUT2D eigenvalue weighted by Crippen LogP contribution is -2.29. The molecule has 0 unspecified atom stereocenters. The minimum Gasteiger partial charge on any atom is -0.497 e. The third-order valence-electron chi connectivity index (χ3n) is 3.28. The highest BCUT2D eigenvalue weighted by molar-refractivity contribution is 5.27. The Morgan fingerprint density at radius 2 is 1.83 bits per heavy atom. The van der Waals surface area contributed by atoms with Crippen molar-refractivity contribution in [3.63, 3.8) is 0 Å². The Kier molecular flexibility index (Phi) is 6.16. The van der Waals surface area contributed by atoms with Crippen molar-refractivity contribution in [3.05, 3.63) is 29.8 Å². The lowest BCUT2D eigenvalue weighted by molar-refractivity contribution is 0.340. The maximum Gasteiger partial charge on any atom is 0.118 e. The van der Waals surface area contributed by atoms with E-state index < -0.39 is 0 Å². The first-order chi connectivity index (χ1) is 8.57. The van der Waals surface area contributed by atoms with E-state index in [4.69, 9.17) is 10.5 Å². The molecule has 0 aliphatic carbocycles. The van der Waals surface area contributed by atoms with E-state index in [1.807, 2.05) is 12.1 Å². The van der Waals surface area contributed by atoms with E-state index in [2.05, 4.69) is 31.3 Å². The molecule has 3 N–H and O–H groups in total. The monoisotopic (exact) mass is 250 g/mol. The van der Waals surface area contributed by atoms with Gasteiger partial charge in [-0.05, 0) is 55.6 Å². The highest BCUT2D eigenvalue weighted by Crippen LogP contribution is 2.16. The number of hydrogen-bond donors (Lipinski definition) is 2. The molecule has 1 rings (SSSR count). The van der Waals surface area contributed by atoms with E-state index in [0.717, 1.165) is 38.2 Å². The number of hydrogen-bond acceptors (Lipinski definition) is 3. The molecule has 0 saturated carbocycles. The zero-order chi connectivity index (χ0) is 13.4. The lowest BCUT2D eigenvalue weighted by atomic mass is 9.90. The summed E-state index contributed by atoms with van der Waals surface area (Å²) in [5, 5.41) is 3.47. The first-order valence-electron chi connectivity index (χ1n) is 6.61. The first-order valence-corrected chi connectivity index (χ1v) is 6.61. The largest absolute Gasteiger partial charge is 0.497 e. The maximum atomic E-state index is 5.70. The van der Waals surface area contributed by atoms with Crippen LogP contribution in [0.15, 0.2) is 24.3 Å². The van der Waals surface area contributed by atoms with Gasteiger partial charge in [0.15, 0.2) is 0 Å². The standard InChI is InChI=1S/C15H26N2O/c1-15(2,12-16)9-11-17-10-8-13-4-6-14(18-3)7-5-13/h4-7,17H,8-12,16H2,1-3H3. The minimum atomic E-state index is 0.243. The van der Waals surface area contributed by atoms with Gasteiger partial charge in [-0.25, -0.2) is 0 Å². The highest BCUT2D eigenvalue weighted by atomic mass is 16.5. The van der Waals surface area contributed by atoms with Crippen molar-refractivity contribution < 1.29 is 4.74 Å². The molecule has 3 heteroatoms. The third-order valence-corrected chi connectivity index (χ3v) is 3.28. The van der Waals surface area contributed by atoms with Crippen molar-refractivity contribution in [3.8, 4) is 5.75 Å². The smallest absolute Gasteiger partial charge is 0.118 e. The Labute approximate surface area is 111 Å². The molecule has 1 aromatic rings. The quantitative estimate of drug-likeness (QED) is 0.695. The summed E-state index contributed by atoms with van der Waals surface area (Å²) in [7, 11) is 1.69. The van der Waals surface area contributed by atoms with Crippen LogP contribution in [0.5, 0.6) is 5.75 Å². The number of nitrogens with one attached hydrogen (secondary N) is 1. The van der Waals surface area contributed by atoms with Crippen LogP contribution in [0, 0.1) is 5.41 Å². The average Bonchev–Trinajstić information content (AvgIpc) is 2.39. The summed E-state index contributed by atoms with van der Waals surface area (Å²) >= 11 is 0. The Balaban J connectivity index is 2.17. The molecule has 0 heterocycles. The second-order valence-electron chi connectivity index (χ2n) is 5.47. The fraction of sp³-hybridized carbons (Fsp3) is 0.600. The highest BCUT2D eigenvalue weighted by Gasteiger charge is 2.13. The molecule has 1 aromatic carbocycles. The van der Waals surface area contributed by atoms with Crippen molar-refractivity contribution in [2.24, 2.45) is 11.1 Å². The second-order valence-corrected chi connectivity index (χ2v) is 5.47. The SMILES string of the molecule is COc1ccc(CCNCCC(C)(C)CN)cc1.